The van der Waals surface area contributed by atoms with Crippen LogP contribution in [-0.2, 0) is 19.7 Å². The molecule has 132 valence electrons. The van der Waals surface area contributed by atoms with E-state index in [1.807, 2.05) is 0 Å². The van der Waals surface area contributed by atoms with Gasteiger partial charge >= 0.3 is 5.97 Å². The summed E-state index contributed by atoms with van der Waals surface area (Å²) in [5.41, 5.74) is -1.03. The van der Waals surface area contributed by atoms with Crippen LogP contribution in [0.1, 0.15) is 25.3 Å². The van der Waals surface area contributed by atoms with E-state index in [0.29, 0.717) is 0 Å². The first-order valence-electron chi connectivity index (χ1n) is 7.79. The van der Waals surface area contributed by atoms with Crippen LogP contribution in [-0.4, -0.2) is 48.7 Å². The molecular formula is C17H21F2NO4. The zero-order valence-corrected chi connectivity index (χ0v) is 13.7. The Morgan fingerprint density at radius 1 is 1.33 bits per heavy atom. The Hall–Kier alpha value is -2.02. The van der Waals surface area contributed by atoms with Gasteiger partial charge in [0, 0.05) is 38.4 Å². The molecule has 1 amide bonds. The van der Waals surface area contributed by atoms with Crippen LogP contribution in [0.2, 0.25) is 0 Å². The van der Waals surface area contributed by atoms with E-state index in [1.54, 1.807) is 0 Å². The number of nitrogens with zero attached hydrogens (tertiary/aromatic N) is 1. The number of halogens is 2. The van der Waals surface area contributed by atoms with Gasteiger partial charge in [0.25, 0.3) is 0 Å². The molecule has 1 heterocycles. The molecule has 24 heavy (non-hydrogen) atoms. The number of carbonyl (C=O) groups excluding carboxylic acids is 1. The van der Waals surface area contributed by atoms with Gasteiger partial charge in [-0.05, 0) is 18.9 Å². The molecule has 1 unspecified atom stereocenters. The van der Waals surface area contributed by atoms with Gasteiger partial charge in [0.05, 0.1) is 11.3 Å². The standard InChI is InChI=1S/C17H21F2NO4/c1-11(15(21)22)10-20(2)16(23)17(5-7-24-8-6-17)13-4-3-12(18)9-14(13)19/h3-4,9,11H,5-8,10H2,1-2H3,(H,21,22). The number of rotatable bonds is 5. The maximum Gasteiger partial charge on any atom is 0.308 e. The van der Waals surface area contributed by atoms with Crippen LogP contribution in [0.25, 0.3) is 0 Å². The minimum atomic E-state index is -1.16. The van der Waals surface area contributed by atoms with Gasteiger partial charge in [-0.15, -0.1) is 0 Å². The normalized spacial score (nSPS) is 18.0. The molecule has 1 saturated heterocycles. The molecule has 1 atom stereocenters. The molecular weight excluding hydrogens is 320 g/mol. The van der Waals surface area contributed by atoms with Gasteiger partial charge in [-0.1, -0.05) is 13.0 Å². The summed E-state index contributed by atoms with van der Waals surface area (Å²) in [4.78, 5) is 25.4. The highest BCUT2D eigenvalue weighted by Gasteiger charge is 2.45. The van der Waals surface area contributed by atoms with E-state index in [-0.39, 0.29) is 44.1 Å². The lowest BCUT2D eigenvalue weighted by atomic mass is 9.72. The molecule has 1 aliphatic heterocycles. The first-order chi connectivity index (χ1) is 11.3. The SMILES string of the molecule is CC(CN(C)C(=O)C1(c2ccc(F)cc2F)CCOCC1)C(=O)O. The molecule has 0 aliphatic carbocycles. The molecule has 1 aromatic rings. The second-order valence-electron chi connectivity index (χ2n) is 6.24. The highest BCUT2D eigenvalue weighted by molar-refractivity contribution is 5.88. The van der Waals surface area contributed by atoms with Crippen molar-refractivity contribution in [2.45, 2.75) is 25.2 Å². The average molecular weight is 341 g/mol. The molecule has 0 saturated carbocycles. The number of ether oxygens (including phenoxy) is 1. The van der Waals surface area contributed by atoms with Crippen molar-refractivity contribution in [3.8, 4) is 0 Å². The average Bonchev–Trinajstić information content (AvgIpc) is 2.54. The van der Waals surface area contributed by atoms with Gasteiger partial charge in [-0.3, -0.25) is 9.59 Å². The fourth-order valence-corrected chi connectivity index (χ4v) is 3.13. The smallest absolute Gasteiger partial charge is 0.308 e. The molecule has 0 radical (unpaired) electrons. The number of amides is 1. The summed E-state index contributed by atoms with van der Waals surface area (Å²) >= 11 is 0. The summed E-state index contributed by atoms with van der Waals surface area (Å²) in [6.45, 7) is 2.08. The van der Waals surface area contributed by atoms with Crippen molar-refractivity contribution in [1.82, 2.24) is 4.90 Å². The predicted molar refractivity (Wildman–Crippen MR) is 82.5 cm³/mol. The number of hydrogen-bond acceptors (Lipinski definition) is 3. The number of carboxylic acids is 1. The quantitative estimate of drug-likeness (QED) is 0.892. The van der Waals surface area contributed by atoms with Crippen molar-refractivity contribution >= 4 is 11.9 Å². The summed E-state index contributed by atoms with van der Waals surface area (Å²) in [6, 6.07) is 3.19. The molecule has 2 rings (SSSR count). The Morgan fingerprint density at radius 3 is 2.50 bits per heavy atom. The third kappa shape index (κ3) is 3.56. The Balaban J connectivity index is 2.37. The second kappa shape index (κ2) is 7.25. The van der Waals surface area contributed by atoms with Crippen LogP contribution in [0.4, 0.5) is 8.78 Å². The fourth-order valence-electron chi connectivity index (χ4n) is 3.13. The molecule has 0 spiro atoms. The van der Waals surface area contributed by atoms with E-state index in [9.17, 15) is 18.4 Å². The minimum absolute atomic E-state index is 0.0135. The van der Waals surface area contributed by atoms with Crippen LogP contribution in [0.5, 0.6) is 0 Å². The topological polar surface area (TPSA) is 66.8 Å². The lowest BCUT2D eigenvalue weighted by molar-refractivity contribution is -0.145. The van der Waals surface area contributed by atoms with Gasteiger partial charge in [0.15, 0.2) is 0 Å². The van der Waals surface area contributed by atoms with Crippen molar-refractivity contribution in [2.75, 3.05) is 26.8 Å². The molecule has 0 aromatic heterocycles. The van der Waals surface area contributed by atoms with Crippen molar-refractivity contribution in [3.63, 3.8) is 0 Å². The van der Waals surface area contributed by atoms with Crippen LogP contribution >= 0.6 is 0 Å². The zero-order chi connectivity index (χ0) is 17.9. The fraction of sp³-hybridized carbons (Fsp3) is 0.529. The number of benzene rings is 1. The van der Waals surface area contributed by atoms with Gasteiger partial charge in [-0.25, -0.2) is 8.78 Å². The number of aliphatic carboxylic acids is 1. The van der Waals surface area contributed by atoms with E-state index >= 15 is 0 Å². The molecule has 5 nitrogen and oxygen atoms in total. The summed E-state index contributed by atoms with van der Waals surface area (Å²) in [7, 11) is 1.50. The molecule has 1 aromatic carbocycles. The summed E-state index contributed by atoms with van der Waals surface area (Å²) in [6.07, 6.45) is 0.528. The van der Waals surface area contributed by atoms with E-state index in [1.165, 1.54) is 24.9 Å². The molecule has 1 N–H and O–H groups in total. The van der Waals surface area contributed by atoms with Crippen LogP contribution in [0, 0.1) is 17.6 Å². The largest absolute Gasteiger partial charge is 0.481 e. The Labute approximate surface area is 139 Å². The van der Waals surface area contributed by atoms with Crippen LogP contribution in [0.3, 0.4) is 0 Å². The lowest BCUT2D eigenvalue weighted by Gasteiger charge is -2.39. The summed E-state index contributed by atoms with van der Waals surface area (Å²) in [5.74, 6) is -3.61. The van der Waals surface area contributed by atoms with E-state index in [4.69, 9.17) is 9.84 Å². The third-order valence-corrected chi connectivity index (χ3v) is 4.52. The summed E-state index contributed by atoms with van der Waals surface area (Å²) in [5, 5.41) is 9.02. The lowest BCUT2D eigenvalue weighted by Crippen LogP contribution is -2.50. The highest BCUT2D eigenvalue weighted by atomic mass is 19.1. The molecule has 1 aliphatic rings. The van der Waals surface area contributed by atoms with Gasteiger partial charge in [0.1, 0.15) is 11.6 Å². The predicted octanol–water partition coefficient (Wildman–Crippen LogP) is 2.19. The Bertz CT molecular complexity index is 629. The number of carboxylic acid groups (broad SMARTS) is 1. The number of hydrogen-bond donors (Lipinski definition) is 1. The highest BCUT2D eigenvalue weighted by Crippen LogP contribution is 2.38. The van der Waals surface area contributed by atoms with Crippen molar-refractivity contribution < 1.29 is 28.2 Å². The van der Waals surface area contributed by atoms with E-state index in [2.05, 4.69) is 0 Å². The third-order valence-electron chi connectivity index (χ3n) is 4.52. The molecule has 1 fully saturated rings. The van der Waals surface area contributed by atoms with Gasteiger partial charge in [0.2, 0.25) is 5.91 Å². The second-order valence-corrected chi connectivity index (χ2v) is 6.24. The summed E-state index contributed by atoms with van der Waals surface area (Å²) < 4.78 is 32.9. The van der Waals surface area contributed by atoms with Crippen LogP contribution in [0.15, 0.2) is 18.2 Å². The Morgan fingerprint density at radius 2 is 1.96 bits per heavy atom. The van der Waals surface area contributed by atoms with Crippen LogP contribution < -0.4 is 0 Å². The van der Waals surface area contributed by atoms with Gasteiger partial charge < -0.3 is 14.7 Å². The minimum Gasteiger partial charge on any atom is -0.481 e. The number of carbonyl (C=O) groups is 2. The Kier molecular flexibility index (Phi) is 5.54. The zero-order valence-electron chi connectivity index (χ0n) is 13.7. The monoisotopic (exact) mass is 341 g/mol. The van der Waals surface area contributed by atoms with Crippen molar-refractivity contribution in [3.05, 3.63) is 35.4 Å². The van der Waals surface area contributed by atoms with E-state index < -0.39 is 28.9 Å². The van der Waals surface area contributed by atoms with Crippen molar-refractivity contribution in [1.29, 1.82) is 0 Å². The first-order valence-corrected chi connectivity index (χ1v) is 7.79. The van der Waals surface area contributed by atoms with Gasteiger partial charge in [-0.2, -0.15) is 0 Å². The van der Waals surface area contributed by atoms with E-state index in [0.717, 1.165) is 12.1 Å². The van der Waals surface area contributed by atoms with Crippen molar-refractivity contribution in [2.24, 2.45) is 5.92 Å². The maximum absolute atomic E-state index is 14.3. The maximum atomic E-state index is 14.3. The molecule has 0 bridgehead atoms. The number of likely N-dealkylation sites (N-methyl/N-ethyl adjacent to an activating group) is 1. The first kappa shape index (κ1) is 18.3. The molecule has 7 heteroatoms.